The van der Waals surface area contributed by atoms with E-state index in [9.17, 15) is 4.79 Å². The smallest absolute Gasteiger partial charge is 0.306 e. The molecule has 1 aliphatic rings. The Labute approximate surface area is 202 Å². The van der Waals surface area contributed by atoms with E-state index in [0.717, 1.165) is 48.6 Å². The zero-order chi connectivity index (χ0) is 24.3. The minimum absolute atomic E-state index is 0.118. The maximum Gasteiger partial charge on any atom is 0.306 e. The largest absolute Gasteiger partial charge is 0.466 e. The lowest BCUT2D eigenvalue weighted by Crippen LogP contribution is -2.41. The number of esters is 1. The SMILES string of the molecule is CCOC(=O)CC(COC)c1ccc(N(CC)C2CCCOC2)c(Nc2ccc(C#N)cc2)c1. The lowest BCUT2D eigenvalue weighted by molar-refractivity contribution is -0.143. The Balaban J connectivity index is 1.98. The Morgan fingerprint density at radius 1 is 1.26 bits per heavy atom. The van der Waals surface area contributed by atoms with Gasteiger partial charge in [-0.05, 0) is 68.7 Å². The lowest BCUT2D eigenvalue weighted by Gasteiger charge is -2.36. The van der Waals surface area contributed by atoms with Crippen LogP contribution in [-0.2, 0) is 19.0 Å². The number of likely N-dealkylation sites (N-methyl/N-ethyl adjacent to an activating group) is 1. The maximum absolute atomic E-state index is 12.2. The molecule has 7 nitrogen and oxygen atoms in total. The van der Waals surface area contributed by atoms with Gasteiger partial charge in [0.05, 0.1) is 55.3 Å². The zero-order valence-electron chi connectivity index (χ0n) is 20.4. The summed E-state index contributed by atoms with van der Waals surface area (Å²) >= 11 is 0. The monoisotopic (exact) mass is 465 g/mol. The van der Waals surface area contributed by atoms with E-state index in [2.05, 4.69) is 41.4 Å². The number of carbonyl (C=O) groups excluding carboxylic acids is 1. The number of rotatable bonds is 11. The van der Waals surface area contributed by atoms with Gasteiger partial charge in [0.25, 0.3) is 0 Å². The highest BCUT2D eigenvalue weighted by atomic mass is 16.5. The third-order valence-corrected chi connectivity index (χ3v) is 6.10. The molecule has 0 aliphatic carbocycles. The van der Waals surface area contributed by atoms with Crippen LogP contribution in [0.25, 0.3) is 0 Å². The van der Waals surface area contributed by atoms with Gasteiger partial charge in [-0.1, -0.05) is 6.07 Å². The van der Waals surface area contributed by atoms with E-state index in [1.807, 2.05) is 19.1 Å². The minimum atomic E-state index is -0.232. The quantitative estimate of drug-likeness (QED) is 0.468. The number of nitrogens with zero attached hydrogens (tertiary/aromatic N) is 2. The van der Waals surface area contributed by atoms with Crippen LogP contribution in [0.3, 0.4) is 0 Å². The Kier molecular flexibility index (Phi) is 9.75. The van der Waals surface area contributed by atoms with Crippen molar-refractivity contribution in [3.8, 4) is 6.07 Å². The van der Waals surface area contributed by atoms with Gasteiger partial charge in [-0.25, -0.2) is 0 Å². The topological polar surface area (TPSA) is 83.8 Å². The molecule has 1 heterocycles. The van der Waals surface area contributed by atoms with Crippen LogP contribution in [0.5, 0.6) is 0 Å². The van der Waals surface area contributed by atoms with Gasteiger partial charge in [-0.3, -0.25) is 4.79 Å². The summed E-state index contributed by atoms with van der Waals surface area (Å²) in [5.74, 6) is -0.350. The van der Waals surface area contributed by atoms with E-state index >= 15 is 0 Å². The van der Waals surface area contributed by atoms with E-state index in [1.54, 1.807) is 19.2 Å². The summed E-state index contributed by atoms with van der Waals surface area (Å²) in [6.07, 6.45) is 2.39. The lowest BCUT2D eigenvalue weighted by atomic mass is 9.95. The van der Waals surface area contributed by atoms with Crippen LogP contribution >= 0.6 is 0 Å². The molecule has 0 aromatic heterocycles. The second kappa shape index (κ2) is 13.0. The van der Waals surface area contributed by atoms with E-state index < -0.39 is 0 Å². The van der Waals surface area contributed by atoms with Crippen molar-refractivity contribution in [2.45, 2.75) is 45.1 Å². The van der Waals surface area contributed by atoms with E-state index in [0.29, 0.717) is 31.4 Å². The molecular formula is C27H35N3O4. The van der Waals surface area contributed by atoms with Crippen LogP contribution in [0.4, 0.5) is 17.1 Å². The molecule has 0 spiro atoms. The van der Waals surface area contributed by atoms with Gasteiger partial charge in [-0.15, -0.1) is 0 Å². The summed E-state index contributed by atoms with van der Waals surface area (Å²) in [6, 6.07) is 16.2. The van der Waals surface area contributed by atoms with Gasteiger partial charge in [-0.2, -0.15) is 5.26 Å². The summed E-state index contributed by atoms with van der Waals surface area (Å²) in [6.45, 7) is 7.12. The van der Waals surface area contributed by atoms with Crippen molar-refractivity contribution >= 4 is 23.0 Å². The molecule has 0 radical (unpaired) electrons. The number of nitriles is 1. The van der Waals surface area contributed by atoms with Crippen LogP contribution in [-0.4, -0.2) is 52.1 Å². The molecule has 1 N–H and O–H groups in total. The highest BCUT2D eigenvalue weighted by molar-refractivity contribution is 5.77. The summed E-state index contributed by atoms with van der Waals surface area (Å²) in [5.41, 5.74) is 4.54. The molecule has 1 aliphatic heterocycles. The fourth-order valence-electron chi connectivity index (χ4n) is 4.43. The summed E-state index contributed by atoms with van der Waals surface area (Å²) in [4.78, 5) is 14.6. The molecule has 3 rings (SSSR count). The first-order valence-corrected chi connectivity index (χ1v) is 12.0. The molecule has 2 aromatic rings. The summed E-state index contributed by atoms with van der Waals surface area (Å²) < 4.78 is 16.4. The van der Waals surface area contributed by atoms with Crippen LogP contribution < -0.4 is 10.2 Å². The van der Waals surface area contributed by atoms with Crippen LogP contribution in [0.2, 0.25) is 0 Å². The Bertz CT molecular complexity index is 965. The second-order valence-corrected chi connectivity index (χ2v) is 8.41. The first kappa shape index (κ1) is 25.5. The number of hydrogen-bond donors (Lipinski definition) is 1. The highest BCUT2D eigenvalue weighted by Crippen LogP contribution is 2.35. The number of ether oxygens (including phenoxy) is 3. The predicted octanol–water partition coefficient (Wildman–Crippen LogP) is 4.99. The minimum Gasteiger partial charge on any atom is -0.466 e. The third kappa shape index (κ3) is 6.72. The Morgan fingerprint density at radius 2 is 2.06 bits per heavy atom. The number of benzene rings is 2. The van der Waals surface area contributed by atoms with Gasteiger partial charge < -0.3 is 24.4 Å². The fraction of sp³-hybridized carbons (Fsp3) is 0.481. The normalized spacial score (nSPS) is 16.4. The van der Waals surface area contributed by atoms with Crippen molar-refractivity contribution in [1.82, 2.24) is 0 Å². The van der Waals surface area contributed by atoms with Gasteiger partial charge in [0.2, 0.25) is 0 Å². The van der Waals surface area contributed by atoms with Crippen molar-refractivity contribution in [3.63, 3.8) is 0 Å². The Morgan fingerprint density at radius 3 is 2.68 bits per heavy atom. The fourth-order valence-corrected chi connectivity index (χ4v) is 4.43. The molecular weight excluding hydrogens is 430 g/mol. The van der Waals surface area contributed by atoms with Gasteiger partial charge in [0.15, 0.2) is 0 Å². The first-order valence-electron chi connectivity index (χ1n) is 12.0. The molecule has 0 amide bonds. The standard InChI is InChI=1S/C27H35N3O4/c1-4-30(24-7-6-14-33-19-24)26-13-10-21(22(18-32-3)16-27(31)34-5-2)15-25(26)29-23-11-8-20(17-28)9-12-23/h8-13,15,22,24,29H,4-7,14,16,18-19H2,1-3H3. The summed E-state index contributed by atoms with van der Waals surface area (Å²) in [5, 5.41) is 12.7. The Hall–Kier alpha value is -3.08. The maximum atomic E-state index is 12.2. The summed E-state index contributed by atoms with van der Waals surface area (Å²) in [7, 11) is 1.64. The average Bonchev–Trinajstić information content (AvgIpc) is 2.86. The van der Waals surface area contributed by atoms with E-state index in [1.165, 1.54) is 0 Å². The number of nitrogens with one attached hydrogen (secondary N) is 1. The van der Waals surface area contributed by atoms with E-state index in [4.69, 9.17) is 19.5 Å². The van der Waals surface area contributed by atoms with Crippen molar-refractivity contribution in [2.24, 2.45) is 0 Å². The highest BCUT2D eigenvalue weighted by Gasteiger charge is 2.25. The van der Waals surface area contributed by atoms with Crippen molar-refractivity contribution in [1.29, 1.82) is 5.26 Å². The average molecular weight is 466 g/mol. The molecule has 182 valence electrons. The van der Waals surface area contributed by atoms with Gasteiger partial charge in [0.1, 0.15) is 0 Å². The third-order valence-electron chi connectivity index (χ3n) is 6.10. The second-order valence-electron chi connectivity index (χ2n) is 8.41. The van der Waals surface area contributed by atoms with Gasteiger partial charge >= 0.3 is 5.97 Å². The molecule has 34 heavy (non-hydrogen) atoms. The number of anilines is 3. The van der Waals surface area contributed by atoms with Crippen LogP contribution in [0.1, 0.15) is 50.2 Å². The van der Waals surface area contributed by atoms with Crippen LogP contribution in [0.15, 0.2) is 42.5 Å². The molecule has 2 atom stereocenters. The van der Waals surface area contributed by atoms with Crippen molar-refractivity contribution in [2.75, 3.05) is 50.3 Å². The predicted molar refractivity (Wildman–Crippen MR) is 134 cm³/mol. The number of methoxy groups -OCH3 is 1. The molecule has 2 unspecified atom stereocenters. The molecule has 7 heteroatoms. The molecule has 0 saturated carbocycles. The van der Waals surface area contributed by atoms with Crippen LogP contribution in [0, 0.1) is 11.3 Å². The number of hydrogen-bond acceptors (Lipinski definition) is 7. The molecule has 2 aromatic carbocycles. The van der Waals surface area contributed by atoms with Gasteiger partial charge in [0, 0.05) is 31.9 Å². The molecule has 1 fully saturated rings. The molecule has 1 saturated heterocycles. The number of carbonyl (C=O) groups is 1. The zero-order valence-corrected chi connectivity index (χ0v) is 20.4. The molecule has 0 bridgehead atoms. The first-order chi connectivity index (χ1) is 16.6. The van der Waals surface area contributed by atoms with Crippen molar-refractivity contribution < 1.29 is 19.0 Å². The van der Waals surface area contributed by atoms with E-state index in [-0.39, 0.29) is 18.3 Å². The van der Waals surface area contributed by atoms with Crippen molar-refractivity contribution in [3.05, 3.63) is 53.6 Å².